The monoisotopic (exact) mass is 547 g/mol. The van der Waals surface area contributed by atoms with E-state index in [1.807, 2.05) is 38.1 Å². The second-order valence-electron chi connectivity index (χ2n) is 9.78. The van der Waals surface area contributed by atoms with Gasteiger partial charge in [0, 0.05) is 5.56 Å². The molecule has 1 aliphatic rings. The van der Waals surface area contributed by atoms with Crippen molar-refractivity contribution in [3.05, 3.63) is 76.7 Å². The molecule has 0 spiro atoms. The lowest BCUT2D eigenvalue weighted by Crippen LogP contribution is -2.34. The van der Waals surface area contributed by atoms with Crippen molar-refractivity contribution in [1.82, 2.24) is 4.98 Å². The fourth-order valence-corrected chi connectivity index (χ4v) is 4.47. The quantitative estimate of drug-likeness (QED) is 0.293. The molecule has 210 valence electrons. The summed E-state index contributed by atoms with van der Waals surface area (Å²) in [5.41, 5.74) is 2.42. The Morgan fingerprint density at radius 1 is 1.08 bits per heavy atom. The molecule has 0 radical (unpaired) electrons. The Morgan fingerprint density at radius 3 is 2.46 bits per heavy atom. The van der Waals surface area contributed by atoms with Crippen LogP contribution in [0.2, 0.25) is 0 Å². The summed E-state index contributed by atoms with van der Waals surface area (Å²) in [7, 11) is 0. The minimum atomic E-state index is -4.43. The summed E-state index contributed by atoms with van der Waals surface area (Å²) in [6, 6.07) is 12.3. The Hall–Kier alpha value is -3.21. The van der Waals surface area contributed by atoms with Gasteiger partial charge in [0.25, 0.3) is 0 Å². The van der Waals surface area contributed by atoms with Gasteiger partial charge in [-0.3, -0.25) is 0 Å². The molecule has 1 fully saturated rings. The highest BCUT2D eigenvalue weighted by Gasteiger charge is 2.30. The van der Waals surface area contributed by atoms with Crippen LogP contribution in [0, 0.1) is 13.8 Å². The van der Waals surface area contributed by atoms with Crippen molar-refractivity contribution in [2.24, 2.45) is 0 Å². The lowest BCUT2D eigenvalue weighted by Gasteiger charge is -2.29. The van der Waals surface area contributed by atoms with E-state index in [9.17, 15) is 23.1 Å². The molecule has 7 nitrogen and oxygen atoms in total. The number of aryl methyl sites for hydroxylation is 2. The zero-order valence-electron chi connectivity index (χ0n) is 21.9. The van der Waals surface area contributed by atoms with E-state index in [-0.39, 0.29) is 25.4 Å². The highest BCUT2D eigenvalue weighted by atomic mass is 19.4. The fourth-order valence-electron chi connectivity index (χ4n) is 4.47. The molecular weight excluding hydrogens is 515 g/mol. The van der Waals surface area contributed by atoms with Crippen LogP contribution in [0.3, 0.4) is 0 Å². The minimum Gasteiger partial charge on any atom is -0.479 e. The summed E-state index contributed by atoms with van der Waals surface area (Å²) in [5, 5.41) is 9.52. The Balaban J connectivity index is 1.25. The van der Waals surface area contributed by atoms with Crippen LogP contribution in [0.25, 0.3) is 11.5 Å². The molecule has 0 saturated heterocycles. The molecule has 0 aliphatic heterocycles. The average Bonchev–Trinajstić information content (AvgIpc) is 3.27. The van der Waals surface area contributed by atoms with Gasteiger partial charge < -0.3 is 23.7 Å². The van der Waals surface area contributed by atoms with Crippen LogP contribution in [0.4, 0.5) is 13.2 Å². The number of carboxylic acid groups (broad SMARTS) is 1. The summed E-state index contributed by atoms with van der Waals surface area (Å²) in [5.74, 6) is 0.0525. The highest BCUT2D eigenvalue weighted by Crippen LogP contribution is 2.30. The molecule has 1 heterocycles. The number of alkyl halides is 3. The molecular formula is C29H32F3NO6. The van der Waals surface area contributed by atoms with Crippen molar-refractivity contribution >= 4 is 5.97 Å². The number of hydrogen-bond donors (Lipinski definition) is 1. The van der Waals surface area contributed by atoms with Crippen molar-refractivity contribution in [2.45, 2.75) is 77.2 Å². The van der Waals surface area contributed by atoms with Crippen LogP contribution in [-0.2, 0) is 38.4 Å². The third-order valence-electron chi connectivity index (χ3n) is 6.68. The van der Waals surface area contributed by atoms with Crippen LogP contribution in [0.15, 0.2) is 52.9 Å². The number of halogens is 3. The summed E-state index contributed by atoms with van der Waals surface area (Å²) in [4.78, 5) is 16.3. The molecule has 0 bridgehead atoms. The first-order chi connectivity index (χ1) is 18.6. The molecule has 0 unspecified atom stereocenters. The molecule has 1 aromatic heterocycles. The molecule has 3 aromatic rings. The number of rotatable bonds is 11. The molecule has 3 atom stereocenters. The third kappa shape index (κ3) is 8.14. The second-order valence-corrected chi connectivity index (χ2v) is 9.78. The van der Waals surface area contributed by atoms with E-state index >= 15 is 0 Å². The highest BCUT2D eigenvalue weighted by molar-refractivity contribution is 5.72. The van der Waals surface area contributed by atoms with Crippen molar-refractivity contribution in [2.75, 3.05) is 6.61 Å². The van der Waals surface area contributed by atoms with Gasteiger partial charge in [-0.25, -0.2) is 9.78 Å². The Labute approximate surface area is 224 Å². The first kappa shape index (κ1) is 28.8. The number of benzene rings is 2. The van der Waals surface area contributed by atoms with Crippen LogP contribution < -0.4 is 0 Å². The van der Waals surface area contributed by atoms with Crippen molar-refractivity contribution in [3.63, 3.8) is 0 Å². The van der Waals surface area contributed by atoms with Gasteiger partial charge in [-0.2, -0.15) is 13.2 Å². The first-order valence-electron chi connectivity index (χ1n) is 12.9. The fraction of sp³-hybridized carbons (Fsp3) is 0.448. The lowest BCUT2D eigenvalue weighted by molar-refractivity contribution is -0.159. The topological polar surface area (TPSA) is 91.0 Å². The SMILES string of the molecule is Cc1cccc(-c2nc(CO[C@H]3CCC[C@@H](OC[C@H](OCc4ccc(C(F)(F)F)cc4)C(=O)O)C3)c(C)o2)c1. The minimum absolute atomic E-state index is 0.0707. The molecule has 39 heavy (non-hydrogen) atoms. The number of ether oxygens (including phenoxy) is 3. The largest absolute Gasteiger partial charge is 0.479 e. The van der Waals surface area contributed by atoms with Crippen molar-refractivity contribution in [1.29, 1.82) is 0 Å². The van der Waals surface area contributed by atoms with Gasteiger partial charge in [-0.05, 0) is 69.4 Å². The Bertz CT molecular complexity index is 1240. The molecule has 0 amide bonds. The van der Waals surface area contributed by atoms with Crippen LogP contribution in [0.5, 0.6) is 0 Å². The Morgan fingerprint density at radius 2 is 1.79 bits per heavy atom. The van der Waals surface area contributed by atoms with Gasteiger partial charge in [-0.15, -0.1) is 0 Å². The predicted octanol–water partition coefficient (Wildman–Crippen LogP) is 6.49. The standard InChI is InChI=1S/C29H32F3NO6/c1-18-5-3-6-21(13-18)27-33-25(19(2)39-27)16-36-23-7-4-8-24(14-23)37-17-26(28(34)35)38-15-20-9-11-22(12-10-20)29(30,31)32/h3,5-6,9-13,23-24,26H,4,7-8,14-17H2,1-2H3,(H,34,35)/t23-,24+,26-/m0/s1. The van der Waals surface area contributed by atoms with Gasteiger partial charge >= 0.3 is 12.1 Å². The third-order valence-corrected chi connectivity index (χ3v) is 6.68. The van der Waals surface area contributed by atoms with Crippen LogP contribution in [-0.4, -0.2) is 41.0 Å². The number of oxazole rings is 1. The summed E-state index contributed by atoms with van der Waals surface area (Å²) >= 11 is 0. The zero-order valence-corrected chi connectivity index (χ0v) is 21.9. The van der Waals surface area contributed by atoms with Crippen molar-refractivity contribution in [3.8, 4) is 11.5 Å². The van der Waals surface area contributed by atoms with E-state index < -0.39 is 23.8 Å². The predicted molar refractivity (Wildman–Crippen MR) is 136 cm³/mol. The van der Waals surface area contributed by atoms with E-state index in [1.165, 1.54) is 12.1 Å². The van der Waals surface area contributed by atoms with E-state index in [0.29, 0.717) is 30.2 Å². The first-order valence-corrected chi connectivity index (χ1v) is 12.9. The van der Waals surface area contributed by atoms with Gasteiger partial charge in [0.2, 0.25) is 5.89 Å². The van der Waals surface area contributed by atoms with E-state index in [2.05, 4.69) is 4.98 Å². The Kier molecular flexibility index (Phi) is 9.42. The number of aromatic nitrogens is 1. The molecule has 1 aliphatic carbocycles. The van der Waals surface area contributed by atoms with Crippen molar-refractivity contribution < 1.29 is 41.7 Å². The summed E-state index contributed by atoms with van der Waals surface area (Å²) in [6.07, 6.45) is -2.85. The van der Waals surface area contributed by atoms with Crippen LogP contribution >= 0.6 is 0 Å². The number of carbonyl (C=O) groups is 1. The van der Waals surface area contributed by atoms with Gasteiger partial charge in [0.05, 0.1) is 37.6 Å². The molecule has 1 N–H and O–H groups in total. The molecule has 10 heteroatoms. The normalized spacial score (nSPS) is 18.7. The molecule has 4 rings (SSSR count). The number of nitrogens with zero attached hydrogens (tertiary/aromatic N) is 1. The zero-order chi connectivity index (χ0) is 28.0. The van der Waals surface area contributed by atoms with Gasteiger partial charge in [-0.1, -0.05) is 29.8 Å². The van der Waals surface area contributed by atoms with Gasteiger partial charge in [0.15, 0.2) is 6.10 Å². The van der Waals surface area contributed by atoms with Gasteiger partial charge in [0.1, 0.15) is 11.5 Å². The average molecular weight is 548 g/mol. The number of aliphatic carboxylic acids is 1. The van der Waals surface area contributed by atoms with E-state index in [4.69, 9.17) is 18.6 Å². The van der Waals surface area contributed by atoms with E-state index in [0.717, 1.165) is 48.2 Å². The maximum Gasteiger partial charge on any atom is 0.416 e. The lowest BCUT2D eigenvalue weighted by atomic mass is 9.95. The maximum absolute atomic E-state index is 12.7. The molecule has 2 aromatic carbocycles. The number of carboxylic acids is 1. The van der Waals surface area contributed by atoms with E-state index in [1.54, 1.807) is 0 Å². The molecule has 1 saturated carbocycles. The number of hydrogen-bond acceptors (Lipinski definition) is 6. The summed E-state index contributed by atoms with van der Waals surface area (Å²) < 4.78 is 61.5. The maximum atomic E-state index is 12.7. The summed E-state index contributed by atoms with van der Waals surface area (Å²) in [6.45, 7) is 3.85. The smallest absolute Gasteiger partial charge is 0.416 e. The second kappa shape index (κ2) is 12.8. The van der Waals surface area contributed by atoms with Crippen LogP contribution in [0.1, 0.15) is 53.8 Å².